The van der Waals surface area contributed by atoms with Gasteiger partial charge >= 0.3 is 0 Å². The summed E-state index contributed by atoms with van der Waals surface area (Å²) in [6.07, 6.45) is 1.30. The van der Waals surface area contributed by atoms with Gasteiger partial charge in [-0.2, -0.15) is 8.42 Å². The molecule has 7 nitrogen and oxygen atoms in total. The normalized spacial score (nSPS) is 25.8. The lowest BCUT2D eigenvalue weighted by atomic mass is 9.70. The van der Waals surface area contributed by atoms with Crippen molar-refractivity contribution in [2.45, 2.75) is 65.5 Å². The van der Waals surface area contributed by atoms with E-state index in [0.717, 1.165) is 6.42 Å². The van der Waals surface area contributed by atoms with Gasteiger partial charge in [-0.05, 0) is 57.1 Å². The SMILES string of the molecule is CC(C)(C)NCC(O)c1ccc(O)cc1Cl.CC1(C)C2CCC1(CS(=O)(=O)O)C(=O)C2. The minimum atomic E-state index is -4.08. The molecule has 2 fully saturated rings. The van der Waals surface area contributed by atoms with Gasteiger partial charge in [0.1, 0.15) is 11.5 Å². The number of hydrogen-bond acceptors (Lipinski definition) is 6. The summed E-state index contributed by atoms with van der Waals surface area (Å²) in [7, 11) is -4.08. The van der Waals surface area contributed by atoms with Gasteiger partial charge in [-0.25, -0.2) is 0 Å². The standard InChI is InChI=1S/C12H18ClNO2.C10H16O4S/c1-12(2,3)14-7-11(16)9-5-4-8(15)6-10(9)13;1-9(2)7-3-4-10(9,8(11)5-7)6-15(12,13)14/h4-6,11,14-16H,7H2,1-3H3;7H,3-6H2,1-2H3,(H,12,13,14). The Morgan fingerprint density at radius 2 is 1.90 bits per heavy atom. The molecule has 31 heavy (non-hydrogen) atoms. The number of halogens is 1. The third-order valence-electron chi connectivity index (χ3n) is 6.74. The molecule has 0 amide bonds. The van der Waals surface area contributed by atoms with E-state index in [9.17, 15) is 23.4 Å². The molecule has 176 valence electrons. The van der Waals surface area contributed by atoms with Gasteiger partial charge in [-0.1, -0.05) is 31.5 Å². The Kier molecular flexibility index (Phi) is 7.55. The molecule has 0 aromatic heterocycles. The summed E-state index contributed by atoms with van der Waals surface area (Å²) in [4.78, 5) is 11.9. The molecule has 0 spiro atoms. The van der Waals surface area contributed by atoms with Crippen LogP contribution in [-0.2, 0) is 14.9 Å². The first-order valence-electron chi connectivity index (χ1n) is 10.4. The van der Waals surface area contributed by atoms with Crippen LogP contribution in [0.2, 0.25) is 5.02 Å². The zero-order chi connectivity index (χ0) is 23.8. The van der Waals surface area contributed by atoms with Crippen LogP contribution in [0.5, 0.6) is 5.75 Å². The first-order chi connectivity index (χ1) is 14.0. The van der Waals surface area contributed by atoms with Crippen LogP contribution >= 0.6 is 11.6 Å². The van der Waals surface area contributed by atoms with Crippen molar-refractivity contribution in [1.29, 1.82) is 0 Å². The summed E-state index contributed by atoms with van der Waals surface area (Å²) >= 11 is 5.93. The van der Waals surface area contributed by atoms with E-state index < -0.39 is 27.4 Å². The Labute approximate surface area is 189 Å². The minimum absolute atomic E-state index is 0.0152. The molecule has 1 aromatic rings. The van der Waals surface area contributed by atoms with Crippen molar-refractivity contribution in [2.75, 3.05) is 12.3 Å². The summed E-state index contributed by atoms with van der Waals surface area (Å²) in [5.41, 5.74) is -0.550. The average Bonchev–Trinajstić information content (AvgIpc) is 2.92. The van der Waals surface area contributed by atoms with Crippen LogP contribution in [-0.4, -0.2) is 46.8 Å². The monoisotopic (exact) mass is 475 g/mol. The Morgan fingerprint density at radius 1 is 1.29 bits per heavy atom. The number of carbonyl (C=O) groups is 1. The van der Waals surface area contributed by atoms with Crippen molar-refractivity contribution < 1.29 is 28.0 Å². The average molecular weight is 476 g/mol. The number of rotatable bonds is 5. The largest absolute Gasteiger partial charge is 0.508 e. The molecular weight excluding hydrogens is 442 g/mol. The van der Waals surface area contributed by atoms with E-state index >= 15 is 0 Å². The fourth-order valence-corrected chi connectivity index (χ4v) is 6.32. The molecule has 2 saturated carbocycles. The summed E-state index contributed by atoms with van der Waals surface area (Å²) < 4.78 is 31.0. The van der Waals surface area contributed by atoms with Crippen molar-refractivity contribution in [1.82, 2.24) is 5.32 Å². The van der Waals surface area contributed by atoms with Gasteiger partial charge in [-0.15, -0.1) is 0 Å². The van der Waals surface area contributed by atoms with Crippen molar-refractivity contribution in [3.05, 3.63) is 28.8 Å². The number of ketones is 1. The second-order valence-corrected chi connectivity index (χ2v) is 12.1. The van der Waals surface area contributed by atoms with E-state index in [0.29, 0.717) is 30.0 Å². The molecule has 0 radical (unpaired) electrons. The third kappa shape index (κ3) is 5.99. The lowest BCUT2D eigenvalue weighted by Crippen LogP contribution is -2.42. The fraction of sp³-hybridized carbons (Fsp3) is 0.682. The molecule has 2 bridgehead atoms. The maximum Gasteiger partial charge on any atom is 0.265 e. The van der Waals surface area contributed by atoms with E-state index in [1.54, 1.807) is 6.07 Å². The highest BCUT2D eigenvalue weighted by molar-refractivity contribution is 7.85. The zero-order valence-electron chi connectivity index (χ0n) is 18.8. The summed E-state index contributed by atoms with van der Waals surface area (Å²) in [6, 6.07) is 4.57. The maximum atomic E-state index is 11.9. The fourth-order valence-electron chi connectivity index (χ4n) is 4.72. The van der Waals surface area contributed by atoms with Gasteiger partial charge < -0.3 is 15.5 Å². The molecule has 1 aromatic carbocycles. The lowest BCUT2D eigenvalue weighted by Gasteiger charge is -2.35. The Hall–Kier alpha value is -1.19. The first kappa shape index (κ1) is 26.1. The molecule has 2 aliphatic rings. The lowest BCUT2D eigenvalue weighted by molar-refractivity contribution is -0.128. The number of nitrogens with one attached hydrogen (secondary N) is 1. The van der Waals surface area contributed by atoms with Gasteiger partial charge in [-0.3, -0.25) is 9.35 Å². The molecule has 3 atom stereocenters. The van der Waals surface area contributed by atoms with Crippen LogP contribution in [0.1, 0.15) is 65.5 Å². The molecule has 3 rings (SSSR count). The number of aromatic hydroxyl groups is 1. The smallest absolute Gasteiger partial charge is 0.265 e. The maximum absolute atomic E-state index is 11.9. The quantitative estimate of drug-likeness (QED) is 0.478. The second-order valence-electron chi connectivity index (χ2n) is 10.2. The number of Topliss-reactive ketones (excluding diaryl/α,β-unsaturated/α-hetero) is 1. The van der Waals surface area contributed by atoms with E-state index in [1.165, 1.54) is 12.1 Å². The van der Waals surface area contributed by atoms with E-state index in [-0.39, 0.29) is 28.4 Å². The van der Waals surface area contributed by atoms with Gasteiger partial charge in [0, 0.05) is 24.1 Å². The molecular formula is C22H34ClNO6S. The number of aliphatic hydroxyl groups is 1. The number of aliphatic hydroxyl groups excluding tert-OH is 1. The van der Waals surface area contributed by atoms with E-state index in [2.05, 4.69) is 5.32 Å². The number of β-amino-alcohol motifs (C(OH)–C–C–N with tert-alkyl or cyclic N) is 1. The molecule has 2 aliphatic carbocycles. The Bertz CT molecular complexity index is 924. The Balaban J connectivity index is 0.000000220. The van der Waals surface area contributed by atoms with Crippen LogP contribution in [0.3, 0.4) is 0 Å². The number of carbonyl (C=O) groups excluding carboxylic acids is 1. The predicted octanol–water partition coefficient (Wildman–Crippen LogP) is 3.74. The number of phenols is 1. The highest BCUT2D eigenvalue weighted by atomic mass is 35.5. The van der Waals surface area contributed by atoms with Crippen molar-refractivity contribution in [3.63, 3.8) is 0 Å². The molecule has 0 saturated heterocycles. The van der Waals surface area contributed by atoms with Gasteiger partial charge in [0.15, 0.2) is 0 Å². The highest BCUT2D eigenvalue weighted by Crippen LogP contribution is 2.64. The van der Waals surface area contributed by atoms with Gasteiger partial charge in [0.05, 0.1) is 22.3 Å². The van der Waals surface area contributed by atoms with Crippen LogP contribution in [0, 0.1) is 16.7 Å². The summed E-state index contributed by atoms with van der Waals surface area (Å²) in [6.45, 7) is 10.4. The van der Waals surface area contributed by atoms with Gasteiger partial charge in [0.25, 0.3) is 10.1 Å². The number of hydrogen-bond donors (Lipinski definition) is 4. The van der Waals surface area contributed by atoms with Crippen LogP contribution in [0.4, 0.5) is 0 Å². The highest BCUT2D eigenvalue weighted by Gasteiger charge is 2.65. The molecule has 0 heterocycles. The van der Waals surface area contributed by atoms with Crippen molar-refractivity contribution >= 4 is 27.5 Å². The van der Waals surface area contributed by atoms with Crippen molar-refractivity contribution in [2.24, 2.45) is 16.7 Å². The molecule has 3 unspecified atom stereocenters. The second kappa shape index (κ2) is 8.98. The summed E-state index contributed by atoms with van der Waals surface area (Å²) in [5.74, 6) is 0.000329. The Morgan fingerprint density at radius 3 is 2.32 bits per heavy atom. The number of benzene rings is 1. The molecule has 0 aliphatic heterocycles. The van der Waals surface area contributed by atoms with E-state index in [4.69, 9.17) is 16.2 Å². The van der Waals surface area contributed by atoms with Crippen LogP contribution < -0.4 is 5.32 Å². The molecule has 9 heteroatoms. The van der Waals surface area contributed by atoms with E-state index in [1.807, 2.05) is 34.6 Å². The predicted molar refractivity (Wildman–Crippen MR) is 121 cm³/mol. The zero-order valence-corrected chi connectivity index (χ0v) is 20.3. The summed E-state index contributed by atoms with van der Waals surface area (Å²) in [5, 5.41) is 22.7. The molecule has 4 N–H and O–H groups in total. The first-order valence-corrected chi connectivity index (χ1v) is 12.4. The van der Waals surface area contributed by atoms with Crippen LogP contribution in [0.25, 0.3) is 0 Å². The minimum Gasteiger partial charge on any atom is -0.508 e. The third-order valence-corrected chi connectivity index (χ3v) is 7.92. The van der Waals surface area contributed by atoms with Crippen LogP contribution in [0.15, 0.2) is 18.2 Å². The topological polar surface area (TPSA) is 124 Å². The van der Waals surface area contributed by atoms with Crippen molar-refractivity contribution in [3.8, 4) is 5.75 Å². The number of fused-ring (bicyclic) bond motifs is 2. The number of phenolic OH excluding ortho intramolecular Hbond substituents is 1. The van der Waals surface area contributed by atoms with Gasteiger partial charge in [0.2, 0.25) is 0 Å².